The first-order chi connectivity index (χ1) is 15.4. The van der Waals surface area contributed by atoms with Gasteiger partial charge in [-0.05, 0) is 79.9 Å². The second-order valence-corrected chi connectivity index (χ2v) is 8.17. The van der Waals surface area contributed by atoms with Crippen molar-refractivity contribution in [3.63, 3.8) is 0 Å². The van der Waals surface area contributed by atoms with Gasteiger partial charge in [0.25, 0.3) is 0 Å². The highest BCUT2D eigenvalue weighted by Gasteiger charge is 2.15. The molecule has 0 saturated carbocycles. The van der Waals surface area contributed by atoms with Gasteiger partial charge in [0, 0.05) is 27.9 Å². The summed E-state index contributed by atoms with van der Waals surface area (Å²) < 4.78 is 14.3. The Morgan fingerprint density at radius 1 is 1.12 bits per heavy atom. The van der Waals surface area contributed by atoms with E-state index in [4.69, 9.17) is 17.3 Å². The molecule has 1 heterocycles. The number of halogens is 2. The molecule has 3 N–H and O–H groups in total. The van der Waals surface area contributed by atoms with E-state index in [9.17, 15) is 9.18 Å². The Balaban J connectivity index is 1.88. The summed E-state index contributed by atoms with van der Waals surface area (Å²) in [6.07, 6.45) is 2.34. The van der Waals surface area contributed by atoms with Crippen LogP contribution in [0.2, 0.25) is 5.02 Å². The van der Waals surface area contributed by atoms with Gasteiger partial charge in [-0.2, -0.15) is 0 Å². The van der Waals surface area contributed by atoms with Crippen molar-refractivity contribution in [3.05, 3.63) is 88.3 Å². The molecular formula is C26H23ClFN3O. The summed E-state index contributed by atoms with van der Waals surface area (Å²) in [6.45, 7) is 3.71. The molecule has 0 amide bonds. The number of rotatable bonds is 6. The Morgan fingerprint density at radius 2 is 1.94 bits per heavy atom. The predicted octanol–water partition coefficient (Wildman–Crippen LogP) is 6.45. The Kier molecular flexibility index (Phi) is 6.21. The molecule has 4 aromatic rings. The molecule has 0 bridgehead atoms. The third kappa shape index (κ3) is 4.35. The molecule has 0 saturated heterocycles. The number of nitrogens with one attached hydrogen (secondary N) is 1. The van der Waals surface area contributed by atoms with Crippen LogP contribution < -0.4 is 11.1 Å². The minimum atomic E-state index is -0.363. The second kappa shape index (κ2) is 9.07. The molecule has 3 aromatic carbocycles. The van der Waals surface area contributed by atoms with Crippen LogP contribution in [0.25, 0.3) is 22.0 Å². The summed E-state index contributed by atoms with van der Waals surface area (Å²) in [5, 5.41) is 4.53. The zero-order chi connectivity index (χ0) is 22.8. The highest BCUT2D eigenvalue weighted by Crippen LogP contribution is 2.34. The van der Waals surface area contributed by atoms with Crippen LogP contribution in [0.4, 0.5) is 15.8 Å². The second-order valence-electron chi connectivity index (χ2n) is 7.76. The first kappa shape index (κ1) is 21.9. The van der Waals surface area contributed by atoms with E-state index in [2.05, 4.69) is 10.3 Å². The Hall–Kier alpha value is -3.28. The molecule has 4 rings (SSSR count). The number of ketones is 1. The van der Waals surface area contributed by atoms with Crippen molar-refractivity contribution in [2.45, 2.75) is 20.3 Å². The number of hydrogen-bond acceptors (Lipinski definition) is 4. The van der Waals surface area contributed by atoms with Gasteiger partial charge < -0.3 is 11.1 Å². The van der Waals surface area contributed by atoms with E-state index in [1.54, 1.807) is 19.2 Å². The SMILES string of the molecule is CC(=O)c1cnc2ccc(-c3cc(F)c(C)c(Cl)c3)cc2c1Nc1cccc(CCN)c1. The maximum atomic E-state index is 14.3. The highest BCUT2D eigenvalue weighted by molar-refractivity contribution is 6.31. The van der Waals surface area contributed by atoms with Crippen LogP contribution in [-0.4, -0.2) is 17.3 Å². The molecule has 1 aromatic heterocycles. The van der Waals surface area contributed by atoms with Gasteiger partial charge in [0.05, 0.1) is 16.8 Å². The van der Waals surface area contributed by atoms with Crippen molar-refractivity contribution >= 4 is 39.7 Å². The van der Waals surface area contributed by atoms with Crippen molar-refractivity contribution in [3.8, 4) is 11.1 Å². The maximum Gasteiger partial charge on any atom is 0.163 e. The van der Waals surface area contributed by atoms with Crippen LogP contribution in [0, 0.1) is 12.7 Å². The van der Waals surface area contributed by atoms with Crippen molar-refractivity contribution in [1.29, 1.82) is 0 Å². The molecule has 32 heavy (non-hydrogen) atoms. The molecule has 162 valence electrons. The fourth-order valence-electron chi connectivity index (χ4n) is 3.70. The number of nitrogens with zero attached hydrogens (tertiary/aromatic N) is 1. The topological polar surface area (TPSA) is 68.0 Å². The first-order valence-electron chi connectivity index (χ1n) is 10.3. The number of hydrogen-bond donors (Lipinski definition) is 2. The molecule has 0 aliphatic carbocycles. The summed E-state index contributed by atoms with van der Waals surface area (Å²) in [5.74, 6) is -0.465. The fraction of sp³-hybridized carbons (Fsp3) is 0.154. The lowest BCUT2D eigenvalue weighted by Gasteiger charge is -2.15. The Labute approximate surface area is 191 Å². The number of anilines is 2. The lowest BCUT2D eigenvalue weighted by atomic mass is 9.99. The van der Waals surface area contributed by atoms with Crippen molar-refractivity contribution in [2.75, 3.05) is 11.9 Å². The summed E-state index contributed by atoms with van der Waals surface area (Å²) in [7, 11) is 0. The van der Waals surface area contributed by atoms with Gasteiger partial charge in [-0.1, -0.05) is 29.8 Å². The Bertz CT molecular complexity index is 1310. The van der Waals surface area contributed by atoms with E-state index in [0.717, 1.165) is 34.1 Å². The average molecular weight is 448 g/mol. The number of benzene rings is 3. The predicted molar refractivity (Wildman–Crippen MR) is 129 cm³/mol. The average Bonchev–Trinajstić information content (AvgIpc) is 2.77. The largest absolute Gasteiger partial charge is 0.354 e. The van der Waals surface area contributed by atoms with E-state index in [0.29, 0.717) is 33.9 Å². The van der Waals surface area contributed by atoms with E-state index >= 15 is 0 Å². The van der Waals surface area contributed by atoms with Crippen molar-refractivity contribution in [1.82, 2.24) is 4.98 Å². The molecule has 4 nitrogen and oxygen atoms in total. The van der Waals surface area contributed by atoms with E-state index in [1.807, 2.05) is 42.5 Å². The number of fused-ring (bicyclic) bond motifs is 1. The van der Waals surface area contributed by atoms with Gasteiger partial charge in [0.15, 0.2) is 5.78 Å². The number of carbonyl (C=O) groups is 1. The van der Waals surface area contributed by atoms with Crippen LogP contribution in [0.5, 0.6) is 0 Å². The zero-order valence-electron chi connectivity index (χ0n) is 17.9. The van der Waals surface area contributed by atoms with Gasteiger partial charge in [0.2, 0.25) is 0 Å². The Morgan fingerprint density at radius 3 is 2.66 bits per heavy atom. The number of carbonyl (C=O) groups excluding carboxylic acids is 1. The number of nitrogens with two attached hydrogens (primary N) is 1. The number of Topliss-reactive ketones (excluding diaryl/α,β-unsaturated/α-hetero) is 1. The van der Waals surface area contributed by atoms with Gasteiger partial charge in [-0.3, -0.25) is 9.78 Å². The molecule has 0 spiro atoms. The lowest BCUT2D eigenvalue weighted by molar-refractivity contribution is 0.101. The molecule has 0 aliphatic heterocycles. The van der Waals surface area contributed by atoms with Crippen LogP contribution in [-0.2, 0) is 6.42 Å². The molecule has 0 atom stereocenters. The molecule has 0 fully saturated rings. The monoisotopic (exact) mass is 447 g/mol. The van der Waals surface area contributed by atoms with Gasteiger partial charge >= 0.3 is 0 Å². The summed E-state index contributed by atoms with van der Waals surface area (Å²) in [6, 6.07) is 16.8. The molecule has 6 heteroatoms. The lowest BCUT2D eigenvalue weighted by Crippen LogP contribution is -2.05. The van der Waals surface area contributed by atoms with Gasteiger partial charge in [-0.25, -0.2) is 4.39 Å². The molecule has 0 aliphatic rings. The highest BCUT2D eigenvalue weighted by atomic mass is 35.5. The van der Waals surface area contributed by atoms with Crippen molar-refractivity contribution in [2.24, 2.45) is 5.73 Å². The van der Waals surface area contributed by atoms with Crippen LogP contribution in [0.1, 0.15) is 28.4 Å². The van der Waals surface area contributed by atoms with E-state index in [1.165, 1.54) is 13.0 Å². The minimum absolute atomic E-state index is 0.102. The normalized spacial score (nSPS) is 11.0. The minimum Gasteiger partial charge on any atom is -0.354 e. The number of pyridine rings is 1. The standard InChI is InChI=1S/C26H23ClFN3O/c1-15-23(27)12-19(13-24(15)28)18-6-7-25-21(11-18)26(22(14-30-25)16(2)32)31-20-5-3-4-17(10-20)8-9-29/h3-7,10-14H,8-9,29H2,1-2H3,(H,30,31). The smallest absolute Gasteiger partial charge is 0.163 e. The van der Waals surface area contributed by atoms with E-state index in [-0.39, 0.29) is 11.6 Å². The third-order valence-electron chi connectivity index (χ3n) is 5.49. The fourth-order valence-corrected chi connectivity index (χ4v) is 3.91. The van der Waals surface area contributed by atoms with Crippen LogP contribution in [0.15, 0.2) is 60.8 Å². The summed E-state index contributed by atoms with van der Waals surface area (Å²) in [4.78, 5) is 16.8. The molecule has 0 unspecified atom stereocenters. The van der Waals surface area contributed by atoms with Gasteiger partial charge in [0.1, 0.15) is 5.82 Å². The quantitative estimate of drug-likeness (QED) is 0.333. The van der Waals surface area contributed by atoms with Gasteiger partial charge in [-0.15, -0.1) is 0 Å². The zero-order valence-corrected chi connectivity index (χ0v) is 18.6. The summed E-state index contributed by atoms with van der Waals surface area (Å²) in [5.41, 5.74) is 11.4. The third-order valence-corrected chi connectivity index (χ3v) is 5.88. The van der Waals surface area contributed by atoms with Crippen molar-refractivity contribution < 1.29 is 9.18 Å². The maximum absolute atomic E-state index is 14.3. The first-order valence-corrected chi connectivity index (χ1v) is 10.7. The van der Waals surface area contributed by atoms with Crippen LogP contribution in [0.3, 0.4) is 0 Å². The molecular weight excluding hydrogens is 425 g/mol. The molecule has 0 radical (unpaired) electrons. The van der Waals surface area contributed by atoms with Crippen LogP contribution >= 0.6 is 11.6 Å². The van der Waals surface area contributed by atoms with E-state index < -0.39 is 0 Å². The summed E-state index contributed by atoms with van der Waals surface area (Å²) >= 11 is 6.21. The number of aromatic nitrogens is 1.